The highest BCUT2D eigenvalue weighted by molar-refractivity contribution is 9.10. The molecule has 0 radical (unpaired) electrons. The summed E-state index contributed by atoms with van der Waals surface area (Å²) in [5, 5.41) is 2.89. The van der Waals surface area contributed by atoms with Gasteiger partial charge in [0.1, 0.15) is 10.4 Å². The van der Waals surface area contributed by atoms with Crippen molar-refractivity contribution in [1.82, 2.24) is 4.98 Å². The van der Waals surface area contributed by atoms with Gasteiger partial charge in [0.2, 0.25) is 5.91 Å². The Labute approximate surface area is 103 Å². The number of carbonyl (C=O) groups is 1. The zero-order chi connectivity index (χ0) is 11.1. The van der Waals surface area contributed by atoms with Gasteiger partial charge in [0.25, 0.3) is 0 Å². The molecule has 3 rings (SSSR count). The molecule has 16 heavy (non-hydrogen) atoms. The lowest BCUT2D eigenvalue weighted by Crippen LogP contribution is -2.17. The van der Waals surface area contributed by atoms with Gasteiger partial charge in [-0.25, -0.2) is 4.98 Å². The highest BCUT2D eigenvalue weighted by Gasteiger charge is 2.56. The average molecular weight is 281 g/mol. The SMILES string of the molecule is O=C(Nc1cccc(Br)n1)C1C2CCCC21. The smallest absolute Gasteiger partial charge is 0.229 e. The van der Waals surface area contributed by atoms with Gasteiger partial charge in [-0.05, 0) is 52.7 Å². The summed E-state index contributed by atoms with van der Waals surface area (Å²) in [6, 6.07) is 5.54. The molecule has 2 fully saturated rings. The highest BCUT2D eigenvalue weighted by Crippen LogP contribution is 2.57. The molecular weight excluding hydrogens is 268 g/mol. The second-order valence-corrected chi connectivity index (χ2v) is 5.43. The van der Waals surface area contributed by atoms with Crippen LogP contribution in [0.25, 0.3) is 0 Å². The van der Waals surface area contributed by atoms with Gasteiger partial charge in [-0.1, -0.05) is 12.5 Å². The van der Waals surface area contributed by atoms with Crippen LogP contribution in [0.15, 0.2) is 22.8 Å². The number of rotatable bonds is 2. The summed E-state index contributed by atoms with van der Waals surface area (Å²) in [4.78, 5) is 16.1. The van der Waals surface area contributed by atoms with E-state index in [2.05, 4.69) is 26.2 Å². The molecule has 84 valence electrons. The number of carbonyl (C=O) groups excluding carboxylic acids is 1. The van der Waals surface area contributed by atoms with Gasteiger partial charge >= 0.3 is 0 Å². The predicted octanol–water partition coefficient (Wildman–Crippen LogP) is 2.83. The number of anilines is 1. The first-order valence-electron chi connectivity index (χ1n) is 5.69. The van der Waals surface area contributed by atoms with E-state index in [4.69, 9.17) is 0 Å². The summed E-state index contributed by atoms with van der Waals surface area (Å²) in [6.07, 6.45) is 3.76. The molecule has 1 N–H and O–H groups in total. The van der Waals surface area contributed by atoms with Crippen molar-refractivity contribution >= 4 is 27.7 Å². The molecule has 2 aliphatic rings. The molecule has 1 heterocycles. The second-order valence-electron chi connectivity index (χ2n) is 4.62. The van der Waals surface area contributed by atoms with Crippen LogP contribution in [0.3, 0.4) is 0 Å². The molecule has 2 atom stereocenters. The molecule has 0 aromatic carbocycles. The Morgan fingerprint density at radius 1 is 1.38 bits per heavy atom. The summed E-state index contributed by atoms with van der Waals surface area (Å²) in [5.74, 6) is 2.37. The summed E-state index contributed by atoms with van der Waals surface area (Å²) < 4.78 is 0.751. The minimum absolute atomic E-state index is 0.153. The number of nitrogens with one attached hydrogen (secondary N) is 1. The van der Waals surface area contributed by atoms with Crippen LogP contribution in [-0.4, -0.2) is 10.9 Å². The Bertz CT molecular complexity index is 425. The van der Waals surface area contributed by atoms with Crippen molar-refractivity contribution in [3.05, 3.63) is 22.8 Å². The maximum Gasteiger partial charge on any atom is 0.229 e. The molecule has 2 unspecified atom stereocenters. The number of hydrogen-bond acceptors (Lipinski definition) is 2. The van der Waals surface area contributed by atoms with Crippen LogP contribution in [0, 0.1) is 17.8 Å². The molecule has 1 aromatic rings. The van der Waals surface area contributed by atoms with E-state index in [1.165, 1.54) is 19.3 Å². The van der Waals surface area contributed by atoms with E-state index in [0.29, 0.717) is 17.7 Å². The number of hydrogen-bond donors (Lipinski definition) is 1. The molecule has 0 saturated heterocycles. The fourth-order valence-corrected chi connectivity index (χ4v) is 3.24. The van der Waals surface area contributed by atoms with Gasteiger partial charge in [0.15, 0.2) is 0 Å². The Hall–Kier alpha value is -0.900. The Morgan fingerprint density at radius 3 is 2.81 bits per heavy atom. The minimum atomic E-state index is 0.153. The van der Waals surface area contributed by atoms with Crippen molar-refractivity contribution in [2.45, 2.75) is 19.3 Å². The van der Waals surface area contributed by atoms with Gasteiger partial charge in [-0.2, -0.15) is 0 Å². The first-order valence-corrected chi connectivity index (χ1v) is 6.48. The number of nitrogens with zero attached hydrogens (tertiary/aromatic N) is 1. The monoisotopic (exact) mass is 280 g/mol. The van der Waals surface area contributed by atoms with Crippen molar-refractivity contribution in [3.63, 3.8) is 0 Å². The Morgan fingerprint density at radius 2 is 2.12 bits per heavy atom. The lowest BCUT2D eigenvalue weighted by atomic mass is 10.1. The van der Waals surface area contributed by atoms with Gasteiger partial charge in [-0.3, -0.25) is 4.79 Å². The third kappa shape index (κ3) is 1.75. The zero-order valence-electron chi connectivity index (χ0n) is 8.82. The standard InChI is InChI=1S/C12H13BrN2O/c13-9-5-2-6-10(14-9)15-12(16)11-7-3-1-4-8(7)11/h2,5-8,11H,1,3-4H2,(H,14,15,16). The third-order valence-corrected chi connectivity index (χ3v) is 4.12. The van der Waals surface area contributed by atoms with Crippen LogP contribution in [0.1, 0.15) is 19.3 Å². The molecule has 1 aromatic heterocycles. The average Bonchev–Trinajstić information content (AvgIpc) is 2.73. The molecule has 1 amide bonds. The van der Waals surface area contributed by atoms with Crippen molar-refractivity contribution < 1.29 is 4.79 Å². The lowest BCUT2D eigenvalue weighted by Gasteiger charge is -2.05. The molecule has 0 bridgehead atoms. The largest absolute Gasteiger partial charge is 0.310 e. The van der Waals surface area contributed by atoms with Crippen LogP contribution >= 0.6 is 15.9 Å². The van der Waals surface area contributed by atoms with E-state index in [9.17, 15) is 4.79 Å². The van der Waals surface area contributed by atoms with Crippen LogP contribution < -0.4 is 5.32 Å². The van der Waals surface area contributed by atoms with Crippen molar-refractivity contribution in [2.75, 3.05) is 5.32 Å². The molecule has 0 spiro atoms. The Kier molecular flexibility index (Phi) is 2.46. The van der Waals surface area contributed by atoms with E-state index in [1.807, 2.05) is 18.2 Å². The van der Waals surface area contributed by atoms with Crippen molar-refractivity contribution in [3.8, 4) is 0 Å². The van der Waals surface area contributed by atoms with Crippen molar-refractivity contribution in [2.24, 2.45) is 17.8 Å². The fraction of sp³-hybridized carbons (Fsp3) is 0.500. The molecular formula is C12H13BrN2O. The van der Waals surface area contributed by atoms with Gasteiger partial charge in [-0.15, -0.1) is 0 Å². The van der Waals surface area contributed by atoms with E-state index in [1.54, 1.807) is 0 Å². The minimum Gasteiger partial charge on any atom is -0.310 e. The molecule has 4 heteroatoms. The maximum atomic E-state index is 11.9. The van der Waals surface area contributed by atoms with E-state index >= 15 is 0 Å². The summed E-state index contributed by atoms with van der Waals surface area (Å²) in [6.45, 7) is 0. The Balaban J connectivity index is 1.65. The molecule has 2 saturated carbocycles. The second kappa shape index (κ2) is 3.84. The zero-order valence-corrected chi connectivity index (χ0v) is 10.4. The summed E-state index contributed by atoms with van der Waals surface area (Å²) >= 11 is 3.29. The first-order chi connectivity index (χ1) is 7.75. The van der Waals surface area contributed by atoms with Crippen LogP contribution in [0.4, 0.5) is 5.82 Å². The van der Waals surface area contributed by atoms with Crippen LogP contribution in [0.5, 0.6) is 0 Å². The van der Waals surface area contributed by atoms with E-state index < -0.39 is 0 Å². The van der Waals surface area contributed by atoms with E-state index in [0.717, 1.165) is 4.60 Å². The van der Waals surface area contributed by atoms with Gasteiger partial charge in [0.05, 0.1) is 0 Å². The number of pyridine rings is 1. The number of fused-ring (bicyclic) bond motifs is 1. The maximum absolute atomic E-state index is 11.9. The van der Waals surface area contributed by atoms with Gasteiger partial charge in [0, 0.05) is 5.92 Å². The number of amides is 1. The normalized spacial score (nSPS) is 30.9. The molecule has 3 nitrogen and oxygen atoms in total. The van der Waals surface area contributed by atoms with E-state index in [-0.39, 0.29) is 11.8 Å². The predicted molar refractivity (Wildman–Crippen MR) is 64.9 cm³/mol. The van der Waals surface area contributed by atoms with Gasteiger partial charge < -0.3 is 5.32 Å². The quantitative estimate of drug-likeness (QED) is 0.847. The highest BCUT2D eigenvalue weighted by atomic mass is 79.9. The lowest BCUT2D eigenvalue weighted by molar-refractivity contribution is -0.118. The number of halogens is 1. The van der Waals surface area contributed by atoms with Crippen LogP contribution in [-0.2, 0) is 4.79 Å². The molecule has 2 aliphatic carbocycles. The summed E-state index contributed by atoms with van der Waals surface area (Å²) in [5.41, 5.74) is 0. The summed E-state index contributed by atoms with van der Waals surface area (Å²) in [7, 11) is 0. The topological polar surface area (TPSA) is 42.0 Å². The first kappa shape index (κ1) is 10.3. The van der Waals surface area contributed by atoms with Crippen molar-refractivity contribution in [1.29, 1.82) is 0 Å². The third-order valence-electron chi connectivity index (χ3n) is 3.68. The number of aromatic nitrogens is 1. The fourth-order valence-electron chi connectivity index (χ4n) is 2.90. The molecule has 0 aliphatic heterocycles. The van der Waals surface area contributed by atoms with Crippen LogP contribution in [0.2, 0.25) is 0 Å².